The molecular weight excluding hydrogens is 194 g/mol. The van der Waals surface area contributed by atoms with Gasteiger partial charge < -0.3 is 5.73 Å². The minimum Gasteiger partial charge on any atom is -0.398 e. The Bertz CT molecular complexity index is 369. The topological polar surface area (TPSA) is 26.0 Å². The lowest BCUT2D eigenvalue weighted by Gasteiger charge is -2.15. The molecule has 1 aliphatic carbocycles. The van der Waals surface area contributed by atoms with Crippen molar-refractivity contribution in [2.45, 2.75) is 39.0 Å². The standard InChI is InChI=1S/C12H16ClN/c1-7(2)10-6-11(13)8-4-3-5-9(8)12(10)14/h6-7H,3-5,14H2,1-2H3. The van der Waals surface area contributed by atoms with Crippen LogP contribution in [0.25, 0.3) is 0 Å². The molecule has 76 valence electrons. The number of hydrogen-bond acceptors (Lipinski definition) is 1. The number of fused-ring (bicyclic) bond motifs is 1. The second-order valence-corrected chi connectivity index (χ2v) is 4.73. The molecular formula is C12H16ClN. The minimum absolute atomic E-state index is 0.457. The summed E-state index contributed by atoms with van der Waals surface area (Å²) >= 11 is 6.24. The zero-order valence-corrected chi connectivity index (χ0v) is 9.49. The normalized spacial score (nSPS) is 14.9. The van der Waals surface area contributed by atoms with Gasteiger partial charge >= 0.3 is 0 Å². The fraction of sp³-hybridized carbons (Fsp3) is 0.500. The Kier molecular flexibility index (Phi) is 2.44. The van der Waals surface area contributed by atoms with E-state index in [1.165, 1.54) is 23.1 Å². The molecule has 0 aromatic heterocycles. The lowest BCUT2D eigenvalue weighted by Crippen LogP contribution is -2.02. The van der Waals surface area contributed by atoms with Gasteiger partial charge in [0.05, 0.1) is 0 Å². The average molecular weight is 210 g/mol. The van der Waals surface area contributed by atoms with Crippen molar-refractivity contribution in [3.05, 3.63) is 27.8 Å². The van der Waals surface area contributed by atoms with Crippen molar-refractivity contribution in [1.29, 1.82) is 0 Å². The summed E-state index contributed by atoms with van der Waals surface area (Å²) in [6.07, 6.45) is 3.39. The van der Waals surface area contributed by atoms with Crippen LogP contribution in [0.2, 0.25) is 5.02 Å². The van der Waals surface area contributed by atoms with Crippen molar-refractivity contribution < 1.29 is 0 Å². The van der Waals surface area contributed by atoms with E-state index in [9.17, 15) is 0 Å². The van der Waals surface area contributed by atoms with Crippen molar-refractivity contribution in [2.75, 3.05) is 5.73 Å². The Morgan fingerprint density at radius 1 is 1.29 bits per heavy atom. The second kappa shape index (κ2) is 3.47. The first-order chi connectivity index (χ1) is 6.61. The van der Waals surface area contributed by atoms with Crippen LogP contribution in [0, 0.1) is 0 Å². The van der Waals surface area contributed by atoms with Gasteiger partial charge in [-0.1, -0.05) is 25.4 Å². The number of hydrogen-bond donors (Lipinski definition) is 1. The maximum Gasteiger partial charge on any atom is 0.0445 e. The number of nitrogens with two attached hydrogens (primary N) is 1. The molecule has 0 aliphatic heterocycles. The van der Waals surface area contributed by atoms with Gasteiger partial charge in [0.1, 0.15) is 0 Å². The molecule has 2 N–H and O–H groups in total. The fourth-order valence-corrected chi connectivity index (χ4v) is 2.58. The van der Waals surface area contributed by atoms with E-state index < -0.39 is 0 Å². The molecule has 0 atom stereocenters. The van der Waals surface area contributed by atoms with E-state index in [4.69, 9.17) is 17.3 Å². The van der Waals surface area contributed by atoms with Crippen LogP contribution in [0.4, 0.5) is 5.69 Å². The van der Waals surface area contributed by atoms with Crippen LogP contribution in [0.3, 0.4) is 0 Å². The third-order valence-electron chi connectivity index (χ3n) is 3.05. The van der Waals surface area contributed by atoms with Crippen molar-refractivity contribution in [3.8, 4) is 0 Å². The van der Waals surface area contributed by atoms with Crippen LogP contribution < -0.4 is 5.73 Å². The molecule has 0 amide bonds. The van der Waals surface area contributed by atoms with Crippen LogP contribution in [-0.2, 0) is 12.8 Å². The second-order valence-electron chi connectivity index (χ2n) is 4.33. The van der Waals surface area contributed by atoms with Gasteiger partial charge in [-0.2, -0.15) is 0 Å². The third kappa shape index (κ3) is 1.40. The first-order valence-electron chi connectivity index (χ1n) is 5.21. The number of halogens is 1. The van der Waals surface area contributed by atoms with E-state index in [-0.39, 0.29) is 0 Å². The summed E-state index contributed by atoms with van der Waals surface area (Å²) in [7, 11) is 0. The van der Waals surface area contributed by atoms with Gasteiger partial charge in [0.2, 0.25) is 0 Å². The minimum atomic E-state index is 0.457. The molecule has 1 aromatic carbocycles. The van der Waals surface area contributed by atoms with Crippen molar-refractivity contribution >= 4 is 17.3 Å². The molecule has 0 saturated carbocycles. The highest BCUT2D eigenvalue weighted by atomic mass is 35.5. The summed E-state index contributed by atoms with van der Waals surface area (Å²) in [4.78, 5) is 0. The third-order valence-corrected chi connectivity index (χ3v) is 3.38. The van der Waals surface area contributed by atoms with Crippen LogP contribution in [0.15, 0.2) is 6.07 Å². The summed E-state index contributed by atoms with van der Waals surface area (Å²) in [5, 5.41) is 0.912. The molecule has 1 aliphatic rings. The monoisotopic (exact) mass is 209 g/mol. The van der Waals surface area contributed by atoms with Crippen LogP contribution in [0.5, 0.6) is 0 Å². The summed E-state index contributed by atoms with van der Waals surface area (Å²) in [5.41, 5.74) is 10.9. The molecule has 0 saturated heterocycles. The molecule has 2 heteroatoms. The Balaban J connectivity index is 2.62. The number of anilines is 1. The van der Waals surface area contributed by atoms with E-state index in [2.05, 4.69) is 13.8 Å². The molecule has 1 nitrogen and oxygen atoms in total. The van der Waals surface area contributed by atoms with Gasteiger partial charge in [0, 0.05) is 10.7 Å². The Morgan fingerprint density at radius 3 is 2.57 bits per heavy atom. The van der Waals surface area contributed by atoms with Gasteiger partial charge in [-0.15, -0.1) is 0 Å². The summed E-state index contributed by atoms with van der Waals surface area (Å²) in [5.74, 6) is 0.457. The van der Waals surface area contributed by atoms with Crippen molar-refractivity contribution in [3.63, 3.8) is 0 Å². The SMILES string of the molecule is CC(C)c1cc(Cl)c2c(c1N)CCC2. The van der Waals surface area contributed by atoms with Gasteiger partial charge in [-0.05, 0) is 47.9 Å². The highest BCUT2D eigenvalue weighted by Crippen LogP contribution is 2.37. The Labute approximate surface area is 90.3 Å². The van der Waals surface area contributed by atoms with Crippen LogP contribution in [-0.4, -0.2) is 0 Å². The number of benzene rings is 1. The lowest BCUT2D eigenvalue weighted by molar-refractivity contribution is 0.866. The molecule has 0 bridgehead atoms. The summed E-state index contributed by atoms with van der Waals surface area (Å²) < 4.78 is 0. The largest absolute Gasteiger partial charge is 0.398 e. The molecule has 0 fully saturated rings. The maximum absolute atomic E-state index is 6.24. The van der Waals surface area contributed by atoms with Gasteiger partial charge in [0.15, 0.2) is 0 Å². The van der Waals surface area contributed by atoms with Gasteiger partial charge in [-0.25, -0.2) is 0 Å². The average Bonchev–Trinajstić information content (AvgIpc) is 2.59. The maximum atomic E-state index is 6.24. The van der Waals surface area contributed by atoms with Crippen LogP contribution >= 0.6 is 11.6 Å². The Hall–Kier alpha value is -0.690. The van der Waals surface area contributed by atoms with Crippen molar-refractivity contribution in [1.82, 2.24) is 0 Å². The van der Waals surface area contributed by atoms with Gasteiger partial charge in [-0.3, -0.25) is 0 Å². The predicted octanol–water partition coefficient (Wildman–Crippen LogP) is 3.53. The highest BCUT2D eigenvalue weighted by molar-refractivity contribution is 6.31. The van der Waals surface area contributed by atoms with E-state index in [1.54, 1.807) is 0 Å². The highest BCUT2D eigenvalue weighted by Gasteiger charge is 2.20. The van der Waals surface area contributed by atoms with E-state index in [0.717, 1.165) is 23.6 Å². The van der Waals surface area contributed by atoms with Crippen molar-refractivity contribution in [2.24, 2.45) is 0 Å². The first-order valence-corrected chi connectivity index (χ1v) is 5.58. The number of rotatable bonds is 1. The molecule has 0 unspecified atom stereocenters. The van der Waals surface area contributed by atoms with E-state index >= 15 is 0 Å². The quantitative estimate of drug-likeness (QED) is 0.704. The lowest BCUT2D eigenvalue weighted by atomic mass is 9.96. The molecule has 0 radical (unpaired) electrons. The summed E-state index contributed by atoms with van der Waals surface area (Å²) in [6, 6.07) is 2.05. The Morgan fingerprint density at radius 2 is 1.93 bits per heavy atom. The zero-order chi connectivity index (χ0) is 10.3. The predicted molar refractivity (Wildman–Crippen MR) is 62.0 cm³/mol. The molecule has 1 aromatic rings. The smallest absolute Gasteiger partial charge is 0.0445 e. The van der Waals surface area contributed by atoms with Gasteiger partial charge in [0.25, 0.3) is 0 Å². The molecule has 14 heavy (non-hydrogen) atoms. The molecule has 2 rings (SSSR count). The van der Waals surface area contributed by atoms with E-state index in [0.29, 0.717) is 5.92 Å². The fourth-order valence-electron chi connectivity index (χ4n) is 2.26. The molecule has 0 heterocycles. The first kappa shape index (κ1) is 9.85. The zero-order valence-electron chi connectivity index (χ0n) is 8.73. The van der Waals surface area contributed by atoms with Crippen LogP contribution in [0.1, 0.15) is 42.9 Å². The summed E-state index contributed by atoms with van der Waals surface area (Å²) in [6.45, 7) is 4.31. The number of nitrogen functional groups attached to an aromatic ring is 1. The van der Waals surface area contributed by atoms with E-state index in [1.807, 2.05) is 6.07 Å². The molecule has 0 spiro atoms.